The third kappa shape index (κ3) is 2.79. The third-order valence-electron chi connectivity index (χ3n) is 3.07. The van der Waals surface area contributed by atoms with Gasteiger partial charge in [0.25, 0.3) is 0 Å². The van der Waals surface area contributed by atoms with Gasteiger partial charge in [-0.15, -0.1) is 11.3 Å². The quantitative estimate of drug-likeness (QED) is 0.828. The molecule has 0 saturated carbocycles. The van der Waals surface area contributed by atoms with Crippen LogP contribution >= 0.6 is 34.5 Å². The lowest BCUT2D eigenvalue weighted by Crippen LogP contribution is -2.17. The van der Waals surface area contributed by atoms with Crippen LogP contribution in [0.25, 0.3) is 0 Å². The first-order chi connectivity index (χ1) is 8.95. The summed E-state index contributed by atoms with van der Waals surface area (Å²) in [6.07, 6.45) is 0. The smallest absolute Gasteiger partial charge is 0.127 e. The fraction of sp³-hybridized carbons (Fsp3) is 0.286. The first kappa shape index (κ1) is 14.8. The van der Waals surface area contributed by atoms with Gasteiger partial charge < -0.3 is 5.32 Å². The van der Waals surface area contributed by atoms with Crippen molar-refractivity contribution in [1.29, 1.82) is 0 Å². The van der Waals surface area contributed by atoms with E-state index in [1.54, 1.807) is 24.3 Å². The SMILES string of the molecule is CNC(c1cc(C)c(F)cc1Cl)c1scc(C)c1Cl. The molecule has 1 aromatic carbocycles. The fourth-order valence-corrected chi connectivity index (χ4v) is 3.66. The van der Waals surface area contributed by atoms with Gasteiger partial charge in [0.2, 0.25) is 0 Å². The average Bonchev–Trinajstić information content (AvgIpc) is 2.68. The molecule has 102 valence electrons. The summed E-state index contributed by atoms with van der Waals surface area (Å²) in [5, 5.41) is 6.35. The Kier molecular flexibility index (Phi) is 4.51. The van der Waals surface area contributed by atoms with E-state index in [9.17, 15) is 4.39 Å². The molecule has 1 atom stereocenters. The normalized spacial score (nSPS) is 12.7. The van der Waals surface area contributed by atoms with E-state index < -0.39 is 0 Å². The van der Waals surface area contributed by atoms with Crippen LogP contribution in [0.1, 0.15) is 27.6 Å². The van der Waals surface area contributed by atoms with Crippen molar-refractivity contribution in [3.63, 3.8) is 0 Å². The Hall–Kier alpha value is -0.610. The van der Waals surface area contributed by atoms with Crippen LogP contribution in [-0.2, 0) is 0 Å². The van der Waals surface area contributed by atoms with Crippen LogP contribution in [0.2, 0.25) is 10.0 Å². The van der Waals surface area contributed by atoms with Gasteiger partial charge in [0.05, 0.1) is 11.1 Å². The average molecular weight is 318 g/mol. The number of benzene rings is 1. The molecule has 1 N–H and O–H groups in total. The second-order valence-corrected chi connectivity index (χ2v) is 6.14. The van der Waals surface area contributed by atoms with Gasteiger partial charge in [0, 0.05) is 9.90 Å². The van der Waals surface area contributed by atoms with Gasteiger partial charge >= 0.3 is 0 Å². The Morgan fingerprint density at radius 3 is 2.42 bits per heavy atom. The van der Waals surface area contributed by atoms with E-state index in [0.29, 0.717) is 10.6 Å². The molecule has 0 amide bonds. The Bertz CT molecular complexity index is 610. The van der Waals surface area contributed by atoms with Crippen molar-refractivity contribution < 1.29 is 4.39 Å². The lowest BCUT2D eigenvalue weighted by Gasteiger charge is -2.18. The molecule has 0 bridgehead atoms. The number of halogens is 3. The van der Waals surface area contributed by atoms with Gasteiger partial charge in [0.15, 0.2) is 0 Å². The van der Waals surface area contributed by atoms with Crippen LogP contribution in [0.15, 0.2) is 17.5 Å². The van der Waals surface area contributed by atoms with Crippen molar-refractivity contribution in [2.24, 2.45) is 0 Å². The van der Waals surface area contributed by atoms with E-state index in [1.807, 2.05) is 19.4 Å². The van der Waals surface area contributed by atoms with Crippen LogP contribution in [0, 0.1) is 19.7 Å². The highest BCUT2D eigenvalue weighted by Gasteiger charge is 2.21. The summed E-state index contributed by atoms with van der Waals surface area (Å²) in [7, 11) is 1.84. The number of aryl methyl sites for hydroxylation is 2. The lowest BCUT2D eigenvalue weighted by atomic mass is 10.0. The van der Waals surface area contributed by atoms with E-state index >= 15 is 0 Å². The van der Waals surface area contributed by atoms with Gasteiger partial charge in [0.1, 0.15) is 5.82 Å². The molecule has 2 aromatic rings. The van der Waals surface area contributed by atoms with Gasteiger partial charge in [-0.25, -0.2) is 4.39 Å². The summed E-state index contributed by atoms with van der Waals surface area (Å²) in [5.41, 5.74) is 2.45. The standard InChI is InChI=1S/C14H14Cl2FNS/c1-7-4-9(10(15)5-11(7)17)13(18-3)14-12(16)8(2)6-19-14/h4-6,13,18H,1-3H3. The van der Waals surface area contributed by atoms with Gasteiger partial charge in [-0.1, -0.05) is 23.2 Å². The Labute approximate surface area is 126 Å². The van der Waals surface area contributed by atoms with Crippen molar-refractivity contribution in [3.05, 3.63) is 54.9 Å². The van der Waals surface area contributed by atoms with Crippen LogP contribution in [0.5, 0.6) is 0 Å². The molecule has 1 unspecified atom stereocenters. The minimum atomic E-state index is -0.294. The lowest BCUT2D eigenvalue weighted by molar-refractivity contribution is 0.614. The predicted octanol–water partition coefficient (Wildman–Crippen LogP) is 5.12. The molecule has 1 aromatic heterocycles. The molecule has 2 rings (SSSR count). The zero-order valence-electron chi connectivity index (χ0n) is 10.9. The van der Waals surface area contributed by atoms with Gasteiger partial charge in [-0.2, -0.15) is 0 Å². The summed E-state index contributed by atoms with van der Waals surface area (Å²) in [6, 6.07) is 2.99. The van der Waals surface area contributed by atoms with Gasteiger partial charge in [-0.05, 0) is 55.1 Å². The number of thiophene rings is 1. The Morgan fingerprint density at radius 2 is 1.89 bits per heavy atom. The van der Waals surface area contributed by atoms with Crippen molar-refractivity contribution in [1.82, 2.24) is 5.32 Å². The summed E-state index contributed by atoms with van der Waals surface area (Å²) >= 11 is 14.1. The Balaban J connectivity index is 2.54. The molecule has 0 aliphatic rings. The molecule has 1 nitrogen and oxygen atoms in total. The minimum Gasteiger partial charge on any atom is -0.309 e. The summed E-state index contributed by atoms with van der Waals surface area (Å²) in [4.78, 5) is 0.995. The van der Waals surface area contributed by atoms with E-state index in [1.165, 1.54) is 6.07 Å². The Morgan fingerprint density at radius 1 is 1.21 bits per heavy atom. The molecule has 0 saturated heterocycles. The second-order valence-electron chi connectivity index (χ2n) is 4.44. The maximum absolute atomic E-state index is 13.5. The third-order valence-corrected chi connectivity index (χ3v) is 5.17. The van der Waals surface area contributed by atoms with Crippen molar-refractivity contribution in [2.45, 2.75) is 19.9 Å². The summed E-state index contributed by atoms with van der Waals surface area (Å²) in [6.45, 7) is 3.69. The maximum Gasteiger partial charge on any atom is 0.127 e. The first-order valence-electron chi connectivity index (χ1n) is 5.82. The number of hydrogen-bond acceptors (Lipinski definition) is 2. The fourth-order valence-electron chi connectivity index (χ4n) is 1.97. The van der Waals surface area contributed by atoms with E-state index in [-0.39, 0.29) is 11.9 Å². The minimum absolute atomic E-state index is 0.127. The second kappa shape index (κ2) is 5.80. The monoisotopic (exact) mass is 317 g/mol. The number of hydrogen-bond donors (Lipinski definition) is 1. The largest absolute Gasteiger partial charge is 0.309 e. The predicted molar refractivity (Wildman–Crippen MR) is 81.1 cm³/mol. The molecule has 1 heterocycles. The molecule has 0 radical (unpaired) electrons. The summed E-state index contributed by atoms with van der Waals surface area (Å²) < 4.78 is 13.5. The molecule has 0 spiro atoms. The highest BCUT2D eigenvalue weighted by atomic mass is 35.5. The summed E-state index contributed by atoms with van der Waals surface area (Å²) in [5.74, 6) is -0.294. The number of rotatable bonds is 3. The molecule has 19 heavy (non-hydrogen) atoms. The highest BCUT2D eigenvalue weighted by molar-refractivity contribution is 7.10. The van der Waals surface area contributed by atoms with Crippen LogP contribution in [0.4, 0.5) is 4.39 Å². The molecule has 0 aliphatic carbocycles. The van der Waals surface area contributed by atoms with Crippen LogP contribution in [-0.4, -0.2) is 7.05 Å². The molecule has 5 heteroatoms. The molecule has 0 fully saturated rings. The van der Waals surface area contributed by atoms with Crippen LogP contribution < -0.4 is 5.32 Å². The van der Waals surface area contributed by atoms with Crippen molar-refractivity contribution in [3.8, 4) is 0 Å². The van der Waals surface area contributed by atoms with Crippen LogP contribution in [0.3, 0.4) is 0 Å². The van der Waals surface area contributed by atoms with Crippen molar-refractivity contribution in [2.75, 3.05) is 7.05 Å². The zero-order chi connectivity index (χ0) is 14.2. The van der Waals surface area contributed by atoms with Gasteiger partial charge in [-0.3, -0.25) is 0 Å². The topological polar surface area (TPSA) is 12.0 Å². The molecular weight excluding hydrogens is 304 g/mol. The maximum atomic E-state index is 13.5. The molecule has 0 aliphatic heterocycles. The number of nitrogens with one attached hydrogen (secondary N) is 1. The zero-order valence-corrected chi connectivity index (χ0v) is 13.2. The van der Waals surface area contributed by atoms with E-state index in [2.05, 4.69) is 5.32 Å². The first-order valence-corrected chi connectivity index (χ1v) is 7.45. The van der Waals surface area contributed by atoms with E-state index in [4.69, 9.17) is 23.2 Å². The molecular formula is C14H14Cl2FNS. The van der Waals surface area contributed by atoms with E-state index in [0.717, 1.165) is 21.0 Å². The van der Waals surface area contributed by atoms with Crippen molar-refractivity contribution >= 4 is 34.5 Å². The highest BCUT2D eigenvalue weighted by Crippen LogP contribution is 2.38.